The molecule has 0 atom stereocenters. The van der Waals surface area contributed by atoms with Crippen LogP contribution in [0.5, 0.6) is 0 Å². The van der Waals surface area contributed by atoms with Crippen molar-refractivity contribution >= 4 is 41.2 Å². The zero-order valence-corrected chi connectivity index (χ0v) is 26.9. The van der Waals surface area contributed by atoms with E-state index in [1.54, 1.807) is 98.7 Å². The third-order valence-electron chi connectivity index (χ3n) is 4.37. The van der Waals surface area contributed by atoms with Crippen LogP contribution in [0, 0.1) is 0 Å². The van der Waals surface area contributed by atoms with Gasteiger partial charge in [0, 0.05) is 13.2 Å². The molecule has 12 nitrogen and oxygen atoms in total. The second kappa shape index (κ2) is 18.4. The summed E-state index contributed by atoms with van der Waals surface area (Å²) < 4.78 is 23.8. The first-order valence-electron chi connectivity index (χ1n) is 13.8. The number of carbonyl (C=O) groups is 3. The second-order valence-electron chi connectivity index (χ2n) is 12.2. The first-order chi connectivity index (χ1) is 19.7. The van der Waals surface area contributed by atoms with Crippen LogP contribution in [-0.2, 0) is 23.7 Å². The van der Waals surface area contributed by atoms with Crippen molar-refractivity contribution in [3.8, 4) is 0 Å². The molecule has 0 saturated carbocycles. The Labute approximate surface area is 255 Å². The van der Waals surface area contributed by atoms with E-state index >= 15 is 0 Å². The molecule has 1 saturated heterocycles. The monoisotopic (exact) mass is 606 g/mol. The predicted molar refractivity (Wildman–Crippen MR) is 170 cm³/mol. The molecule has 1 aliphatic heterocycles. The standard InChI is InChI=1S/C11H16N2O2.C10H18O5.C6H8N2.C4H8O/c1-11(2,3)15-10(14)13-9-7-5-4-6-8(9)12;1-9(2,3)14-7(11)13-8(12)15-10(4,5)6;7-5-3-1-2-4-6(5)8;1-2-4-5-3-1/h4-7H,12H2,1-3H3,(H,13,14);1-6H3;1-4H,7-8H2;1-4H2. The van der Waals surface area contributed by atoms with Crippen LogP contribution < -0.4 is 22.5 Å². The van der Waals surface area contributed by atoms with Gasteiger partial charge in [-0.2, -0.15) is 0 Å². The minimum atomic E-state index is -1.06. The van der Waals surface area contributed by atoms with Crippen molar-refractivity contribution in [2.24, 2.45) is 0 Å². The van der Waals surface area contributed by atoms with Crippen LogP contribution in [0.1, 0.15) is 75.2 Å². The molecule has 1 fully saturated rings. The van der Waals surface area contributed by atoms with E-state index < -0.39 is 35.2 Å². The maximum absolute atomic E-state index is 11.4. The summed E-state index contributed by atoms with van der Waals surface area (Å²) in [7, 11) is 0. The number of hydrogen-bond donors (Lipinski definition) is 4. The Morgan fingerprint density at radius 1 is 0.628 bits per heavy atom. The third kappa shape index (κ3) is 23.1. The molecule has 2 aromatic carbocycles. The third-order valence-corrected chi connectivity index (χ3v) is 4.37. The fourth-order valence-electron chi connectivity index (χ4n) is 2.66. The summed E-state index contributed by atoms with van der Waals surface area (Å²) in [5.74, 6) is 0. The molecule has 0 bridgehead atoms. The summed E-state index contributed by atoms with van der Waals surface area (Å²) in [4.78, 5) is 33.4. The van der Waals surface area contributed by atoms with Gasteiger partial charge in [-0.25, -0.2) is 14.4 Å². The minimum absolute atomic E-state index is 0.500. The smallest absolute Gasteiger partial charge is 0.444 e. The number of nitrogens with two attached hydrogens (primary N) is 3. The van der Waals surface area contributed by atoms with E-state index in [2.05, 4.69) is 10.1 Å². The van der Waals surface area contributed by atoms with Gasteiger partial charge in [0.05, 0.1) is 22.7 Å². The highest BCUT2D eigenvalue weighted by Crippen LogP contribution is 2.18. The predicted octanol–water partition coefficient (Wildman–Crippen LogP) is 7.14. The Morgan fingerprint density at radius 2 is 1.00 bits per heavy atom. The summed E-state index contributed by atoms with van der Waals surface area (Å²) in [6.07, 6.45) is -0.0612. The quantitative estimate of drug-likeness (QED) is 0.112. The molecule has 1 amide bonds. The molecule has 0 spiro atoms. The van der Waals surface area contributed by atoms with Gasteiger partial charge >= 0.3 is 18.4 Å². The highest BCUT2D eigenvalue weighted by molar-refractivity contribution is 5.89. The number of nitrogen functional groups attached to an aromatic ring is 3. The molecule has 3 rings (SSSR count). The minimum Gasteiger partial charge on any atom is -0.444 e. The van der Waals surface area contributed by atoms with Crippen LogP contribution in [0.2, 0.25) is 0 Å². The lowest BCUT2D eigenvalue weighted by Crippen LogP contribution is -2.29. The van der Waals surface area contributed by atoms with Gasteiger partial charge in [0.25, 0.3) is 0 Å². The zero-order valence-electron chi connectivity index (χ0n) is 26.9. The molecule has 1 aliphatic rings. The van der Waals surface area contributed by atoms with E-state index in [-0.39, 0.29) is 0 Å². The van der Waals surface area contributed by atoms with Crippen molar-refractivity contribution < 1.29 is 38.1 Å². The maximum atomic E-state index is 11.4. The number of ether oxygens (including phenoxy) is 5. The molecule has 12 heteroatoms. The Bertz CT molecular complexity index is 1080. The Kier molecular flexibility index (Phi) is 16.6. The van der Waals surface area contributed by atoms with Gasteiger partial charge in [-0.05, 0) is 99.4 Å². The highest BCUT2D eigenvalue weighted by atomic mass is 16.8. The largest absolute Gasteiger partial charge is 0.519 e. The van der Waals surface area contributed by atoms with Gasteiger partial charge in [0.15, 0.2) is 0 Å². The Balaban J connectivity index is 0.000000586. The maximum Gasteiger partial charge on any atom is 0.519 e. The Morgan fingerprint density at radius 3 is 1.30 bits per heavy atom. The van der Waals surface area contributed by atoms with Crippen molar-refractivity contribution in [1.29, 1.82) is 0 Å². The van der Waals surface area contributed by atoms with Gasteiger partial charge in [0.2, 0.25) is 0 Å². The number of rotatable bonds is 1. The Hall–Kier alpha value is -4.19. The fourth-order valence-corrected chi connectivity index (χ4v) is 2.66. The summed E-state index contributed by atoms with van der Waals surface area (Å²) in [5, 5.41) is 2.58. The molecule has 2 aromatic rings. The molecular formula is C31H50N4O8. The molecule has 0 radical (unpaired) electrons. The molecule has 242 valence electrons. The van der Waals surface area contributed by atoms with Crippen LogP contribution in [-0.4, -0.2) is 48.4 Å². The molecular weight excluding hydrogens is 556 g/mol. The van der Waals surface area contributed by atoms with Crippen molar-refractivity contribution in [3.05, 3.63) is 48.5 Å². The van der Waals surface area contributed by atoms with E-state index in [9.17, 15) is 14.4 Å². The number of hydrogen-bond acceptors (Lipinski definition) is 11. The van der Waals surface area contributed by atoms with Gasteiger partial charge in [-0.1, -0.05) is 24.3 Å². The van der Waals surface area contributed by atoms with Crippen LogP contribution in [0.3, 0.4) is 0 Å². The molecule has 0 aromatic heterocycles. The molecule has 0 unspecified atom stereocenters. The number of amides is 1. The molecule has 43 heavy (non-hydrogen) atoms. The van der Waals surface area contributed by atoms with Crippen molar-refractivity contribution in [2.45, 2.75) is 92.0 Å². The van der Waals surface area contributed by atoms with Gasteiger partial charge in [-0.3, -0.25) is 5.32 Å². The van der Waals surface area contributed by atoms with E-state index in [0.717, 1.165) is 13.2 Å². The normalized spacial score (nSPS) is 12.4. The average Bonchev–Trinajstić information content (AvgIpc) is 3.40. The molecule has 7 N–H and O–H groups in total. The summed E-state index contributed by atoms with van der Waals surface area (Å²) in [6, 6.07) is 14.3. The van der Waals surface area contributed by atoms with E-state index in [1.165, 1.54) is 12.8 Å². The summed E-state index contributed by atoms with van der Waals surface area (Å²) in [6.45, 7) is 17.4. The molecule has 0 aliphatic carbocycles. The number of anilines is 4. The summed E-state index contributed by atoms with van der Waals surface area (Å²) >= 11 is 0. The van der Waals surface area contributed by atoms with Crippen LogP contribution in [0.25, 0.3) is 0 Å². The summed E-state index contributed by atoms with van der Waals surface area (Å²) in [5.41, 5.74) is 16.9. The van der Waals surface area contributed by atoms with Crippen LogP contribution in [0.4, 0.5) is 37.1 Å². The number of carbonyl (C=O) groups excluding carboxylic acids is 3. The van der Waals surface area contributed by atoms with Gasteiger partial charge < -0.3 is 40.9 Å². The van der Waals surface area contributed by atoms with Crippen molar-refractivity contribution in [2.75, 3.05) is 35.7 Å². The second-order valence-corrected chi connectivity index (χ2v) is 12.2. The molecule has 1 heterocycles. The van der Waals surface area contributed by atoms with Gasteiger partial charge in [-0.15, -0.1) is 0 Å². The van der Waals surface area contributed by atoms with E-state index in [1.807, 2.05) is 12.1 Å². The van der Waals surface area contributed by atoms with Crippen molar-refractivity contribution in [1.82, 2.24) is 0 Å². The number of nitrogens with one attached hydrogen (secondary N) is 1. The SMILES string of the molecule is C1CCOC1.CC(C)(C)OC(=O)Nc1ccccc1N.CC(C)(C)OC(=O)OC(=O)OC(C)(C)C.Nc1ccccc1N. The van der Waals surface area contributed by atoms with Crippen LogP contribution in [0.15, 0.2) is 48.5 Å². The van der Waals surface area contributed by atoms with E-state index in [4.69, 9.17) is 36.1 Å². The average molecular weight is 607 g/mol. The zero-order chi connectivity index (χ0) is 33.3. The number of para-hydroxylation sites is 4. The lowest BCUT2D eigenvalue weighted by molar-refractivity contribution is -0.0294. The van der Waals surface area contributed by atoms with Gasteiger partial charge in [0.1, 0.15) is 16.8 Å². The topological polar surface area (TPSA) is 187 Å². The lowest BCUT2D eigenvalue weighted by Gasteiger charge is -2.20. The van der Waals surface area contributed by atoms with E-state index in [0.29, 0.717) is 22.7 Å². The number of benzene rings is 2. The highest BCUT2D eigenvalue weighted by Gasteiger charge is 2.24. The lowest BCUT2D eigenvalue weighted by atomic mass is 10.2. The van der Waals surface area contributed by atoms with Crippen LogP contribution >= 0.6 is 0 Å². The van der Waals surface area contributed by atoms with Crippen molar-refractivity contribution in [3.63, 3.8) is 0 Å². The first-order valence-corrected chi connectivity index (χ1v) is 13.8. The fraction of sp³-hybridized carbons (Fsp3) is 0.516. The first kappa shape index (κ1) is 38.8.